The average Bonchev–Trinajstić information content (AvgIpc) is 3.38. The van der Waals surface area contributed by atoms with Crippen LogP contribution in [0.5, 0.6) is 0 Å². The lowest BCUT2D eigenvalue weighted by Crippen LogP contribution is -2.05. The maximum Gasteiger partial charge on any atom is 0.356 e. The molecule has 0 saturated heterocycles. The summed E-state index contributed by atoms with van der Waals surface area (Å²) in [5.41, 5.74) is 6.81. The summed E-state index contributed by atoms with van der Waals surface area (Å²) in [7, 11) is 0. The Hall–Kier alpha value is -2.32. The molecule has 0 spiro atoms. The van der Waals surface area contributed by atoms with Crippen LogP contribution in [-0.2, 0) is 24.0 Å². The SMILES string of the molecule is CCOC(=O)c1ccccn1.CCc1cnc(CC)s1.CCc1csc(N)n1. The summed E-state index contributed by atoms with van der Waals surface area (Å²) < 4.78 is 4.73. The summed E-state index contributed by atoms with van der Waals surface area (Å²) in [5, 5.41) is 3.91. The fraction of sp³-hybridized carbons (Fsp3) is 0.400. The number of hydrogen-bond acceptors (Lipinski definition) is 8. The zero-order valence-electron chi connectivity index (χ0n) is 16.8. The minimum absolute atomic E-state index is 0.356. The van der Waals surface area contributed by atoms with Crippen LogP contribution in [0.4, 0.5) is 5.13 Å². The molecule has 3 aromatic heterocycles. The molecule has 0 aliphatic carbocycles. The fourth-order valence-corrected chi connectivity index (χ4v) is 3.30. The largest absolute Gasteiger partial charge is 0.461 e. The number of thiazole rings is 2. The van der Waals surface area contributed by atoms with Gasteiger partial charge in [0.15, 0.2) is 5.13 Å². The van der Waals surface area contributed by atoms with Crippen LogP contribution in [0.2, 0.25) is 0 Å². The van der Waals surface area contributed by atoms with E-state index in [1.165, 1.54) is 21.2 Å². The third-order valence-corrected chi connectivity index (χ3v) is 5.34. The average molecular weight is 421 g/mol. The number of carbonyl (C=O) groups is 1. The number of pyridine rings is 1. The number of carbonyl (C=O) groups excluding carboxylic acids is 1. The van der Waals surface area contributed by atoms with Crippen LogP contribution in [-0.4, -0.2) is 27.5 Å². The van der Waals surface area contributed by atoms with E-state index >= 15 is 0 Å². The van der Waals surface area contributed by atoms with Gasteiger partial charge >= 0.3 is 5.97 Å². The molecule has 0 radical (unpaired) electrons. The van der Waals surface area contributed by atoms with E-state index in [2.05, 4.69) is 35.7 Å². The topological polar surface area (TPSA) is 91.0 Å². The lowest BCUT2D eigenvalue weighted by Gasteiger charge is -1.98. The molecule has 0 fully saturated rings. The van der Waals surface area contributed by atoms with Crippen LogP contribution in [0.25, 0.3) is 0 Å². The zero-order chi connectivity index (χ0) is 20.8. The van der Waals surface area contributed by atoms with Crippen molar-refractivity contribution in [2.24, 2.45) is 0 Å². The molecule has 0 aromatic carbocycles. The summed E-state index contributed by atoms with van der Waals surface area (Å²) in [6.07, 6.45) is 6.71. The number of aryl methyl sites for hydroxylation is 3. The van der Waals surface area contributed by atoms with Crippen molar-refractivity contribution in [1.82, 2.24) is 15.0 Å². The molecule has 0 aliphatic rings. The molecule has 6 nitrogen and oxygen atoms in total. The van der Waals surface area contributed by atoms with Crippen LogP contribution in [0, 0.1) is 0 Å². The van der Waals surface area contributed by atoms with Crippen molar-refractivity contribution in [2.45, 2.75) is 47.0 Å². The van der Waals surface area contributed by atoms with Gasteiger partial charge in [0.2, 0.25) is 0 Å². The van der Waals surface area contributed by atoms with E-state index < -0.39 is 0 Å². The van der Waals surface area contributed by atoms with Gasteiger partial charge in [-0.05, 0) is 38.3 Å². The molecule has 28 heavy (non-hydrogen) atoms. The predicted molar refractivity (Wildman–Crippen MR) is 117 cm³/mol. The third-order valence-electron chi connectivity index (χ3n) is 3.33. The molecule has 0 unspecified atom stereocenters. The van der Waals surface area contributed by atoms with E-state index in [0.29, 0.717) is 17.4 Å². The summed E-state index contributed by atoms with van der Waals surface area (Å²) in [4.78, 5) is 24.4. The smallest absolute Gasteiger partial charge is 0.356 e. The highest BCUT2D eigenvalue weighted by atomic mass is 32.1. The second kappa shape index (κ2) is 13.8. The second-order valence-electron chi connectivity index (χ2n) is 5.39. The maximum atomic E-state index is 11.0. The number of hydrogen-bond donors (Lipinski definition) is 1. The van der Waals surface area contributed by atoms with Gasteiger partial charge < -0.3 is 10.5 Å². The fourth-order valence-electron chi connectivity index (χ4n) is 1.85. The summed E-state index contributed by atoms with van der Waals surface area (Å²) in [6.45, 7) is 8.51. The molecular weight excluding hydrogens is 392 g/mol. The monoisotopic (exact) mass is 420 g/mol. The number of ether oxygens (including phenoxy) is 1. The van der Waals surface area contributed by atoms with Crippen molar-refractivity contribution in [2.75, 3.05) is 12.3 Å². The van der Waals surface area contributed by atoms with E-state index in [4.69, 9.17) is 10.5 Å². The molecule has 3 aromatic rings. The standard InChI is InChI=1S/C8H9NO2.C7H11NS.C5H8N2S/c1-2-11-8(10)7-5-3-4-6-9-7;1-3-6-5-8-7(4-2)9-6;1-2-4-3-8-5(6)7-4/h3-6H,2H2,1H3;5H,3-4H2,1-2H3;3H,2H2,1H3,(H2,6,7). The Kier molecular flexibility index (Phi) is 11.7. The summed E-state index contributed by atoms with van der Waals surface area (Å²) in [5.74, 6) is -0.367. The highest BCUT2D eigenvalue weighted by Gasteiger charge is 2.04. The van der Waals surface area contributed by atoms with Crippen molar-refractivity contribution in [3.63, 3.8) is 0 Å². The van der Waals surface area contributed by atoms with Crippen LogP contribution < -0.4 is 5.73 Å². The first-order valence-corrected chi connectivity index (χ1v) is 10.9. The Balaban J connectivity index is 0.000000213. The van der Waals surface area contributed by atoms with Crippen LogP contribution in [0.1, 0.15) is 53.8 Å². The van der Waals surface area contributed by atoms with Gasteiger partial charge in [0.1, 0.15) is 5.69 Å². The first-order chi connectivity index (χ1) is 13.5. The van der Waals surface area contributed by atoms with Crippen molar-refractivity contribution in [3.05, 3.63) is 57.2 Å². The molecule has 0 atom stereocenters. The molecule has 2 N–H and O–H groups in total. The highest BCUT2D eigenvalue weighted by Crippen LogP contribution is 2.13. The Morgan fingerprint density at radius 3 is 2.29 bits per heavy atom. The van der Waals surface area contributed by atoms with Gasteiger partial charge in [-0.3, -0.25) is 0 Å². The van der Waals surface area contributed by atoms with Gasteiger partial charge in [0, 0.05) is 22.7 Å². The first kappa shape index (κ1) is 23.7. The minimum Gasteiger partial charge on any atom is -0.461 e. The van der Waals surface area contributed by atoms with Gasteiger partial charge in [-0.25, -0.2) is 19.7 Å². The predicted octanol–water partition coefficient (Wildman–Crippen LogP) is 4.81. The van der Waals surface area contributed by atoms with Crippen molar-refractivity contribution >= 4 is 33.8 Å². The van der Waals surface area contributed by atoms with Gasteiger partial charge in [0.25, 0.3) is 0 Å². The molecule has 8 heteroatoms. The molecule has 152 valence electrons. The first-order valence-electron chi connectivity index (χ1n) is 9.25. The number of rotatable bonds is 5. The Bertz CT molecular complexity index is 785. The number of aromatic nitrogens is 3. The van der Waals surface area contributed by atoms with E-state index in [1.54, 1.807) is 31.3 Å². The third kappa shape index (κ3) is 9.05. The van der Waals surface area contributed by atoms with Crippen molar-refractivity contribution < 1.29 is 9.53 Å². The second-order valence-corrected chi connectivity index (χ2v) is 7.48. The van der Waals surface area contributed by atoms with Gasteiger partial charge in [0.05, 0.1) is 17.3 Å². The van der Waals surface area contributed by atoms with Crippen LogP contribution in [0.3, 0.4) is 0 Å². The van der Waals surface area contributed by atoms with E-state index in [-0.39, 0.29) is 5.97 Å². The van der Waals surface area contributed by atoms with E-state index in [1.807, 2.05) is 22.9 Å². The number of nitrogens with zero attached hydrogens (tertiary/aromatic N) is 3. The number of anilines is 1. The highest BCUT2D eigenvalue weighted by molar-refractivity contribution is 7.13. The molecule has 0 saturated carbocycles. The quantitative estimate of drug-likeness (QED) is 0.595. The normalized spacial score (nSPS) is 9.57. The van der Waals surface area contributed by atoms with E-state index in [0.717, 1.165) is 25.0 Å². The number of esters is 1. The maximum absolute atomic E-state index is 11.0. The Morgan fingerprint density at radius 1 is 1.11 bits per heavy atom. The molecule has 0 aliphatic heterocycles. The zero-order valence-corrected chi connectivity index (χ0v) is 18.5. The lowest BCUT2D eigenvalue weighted by molar-refractivity contribution is 0.0519. The number of nitrogens with two attached hydrogens (primary N) is 1. The molecule has 3 heterocycles. The van der Waals surface area contributed by atoms with E-state index in [9.17, 15) is 4.79 Å². The van der Waals surface area contributed by atoms with Gasteiger partial charge in [-0.2, -0.15) is 0 Å². The minimum atomic E-state index is -0.367. The van der Waals surface area contributed by atoms with Gasteiger partial charge in [-0.15, -0.1) is 22.7 Å². The van der Waals surface area contributed by atoms with Gasteiger partial charge in [-0.1, -0.05) is 26.8 Å². The molecule has 0 bridgehead atoms. The summed E-state index contributed by atoms with van der Waals surface area (Å²) in [6, 6.07) is 5.12. The Labute approximate surface area is 174 Å². The summed E-state index contributed by atoms with van der Waals surface area (Å²) >= 11 is 3.32. The molecular formula is C20H28N4O2S2. The van der Waals surface area contributed by atoms with Crippen molar-refractivity contribution in [3.8, 4) is 0 Å². The number of nitrogen functional groups attached to an aromatic ring is 1. The van der Waals surface area contributed by atoms with Crippen LogP contribution >= 0.6 is 22.7 Å². The molecule has 3 rings (SSSR count). The lowest BCUT2D eigenvalue weighted by atomic mass is 10.4. The Morgan fingerprint density at radius 2 is 1.89 bits per heavy atom. The molecule has 0 amide bonds. The van der Waals surface area contributed by atoms with Crippen LogP contribution in [0.15, 0.2) is 36.0 Å². The van der Waals surface area contributed by atoms with Crippen molar-refractivity contribution in [1.29, 1.82) is 0 Å².